The van der Waals surface area contributed by atoms with Crippen molar-refractivity contribution in [1.29, 1.82) is 0 Å². The van der Waals surface area contributed by atoms with Gasteiger partial charge in [0.05, 0.1) is 6.42 Å². The smallest absolute Gasteiger partial charge is 0.231 e. The molecule has 21 heavy (non-hydrogen) atoms. The van der Waals surface area contributed by atoms with Gasteiger partial charge < -0.3 is 10.2 Å². The molecule has 1 aromatic carbocycles. The van der Waals surface area contributed by atoms with Crippen LogP contribution in [-0.4, -0.2) is 25.0 Å². The summed E-state index contributed by atoms with van der Waals surface area (Å²) in [6.45, 7) is 6.38. The first-order valence-corrected chi connectivity index (χ1v) is 8.27. The summed E-state index contributed by atoms with van der Waals surface area (Å²) in [6.07, 6.45) is 4.48. The lowest BCUT2D eigenvalue weighted by atomic mass is 9.80. The van der Waals surface area contributed by atoms with Crippen LogP contribution < -0.4 is 10.2 Å². The van der Waals surface area contributed by atoms with Crippen LogP contribution in [0.3, 0.4) is 0 Å². The average molecular weight is 286 g/mol. The number of anilines is 1. The first kappa shape index (κ1) is 14.6. The summed E-state index contributed by atoms with van der Waals surface area (Å²) in [4.78, 5) is 14.1. The second-order valence-electron chi connectivity index (χ2n) is 6.81. The maximum absolute atomic E-state index is 12.1. The number of carbonyl (C=O) groups is 1. The molecule has 3 atom stereocenters. The number of nitrogens with one attached hydrogen (secondary N) is 1. The molecule has 1 amide bonds. The number of amides is 1. The van der Waals surface area contributed by atoms with E-state index in [4.69, 9.17) is 0 Å². The van der Waals surface area contributed by atoms with E-state index in [1.807, 2.05) is 17.0 Å². The van der Waals surface area contributed by atoms with Gasteiger partial charge in [-0.3, -0.25) is 4.79 Å². The van der Waals surface area contributed by atoms with Crippen molar-refractivity contribution >= 4 is 11.6 Å². The van der Waals surface area contributed by atoms with Crippen molar-refractivity contribution in [3.8, 4) is 0 Å². The van der Waals surface area contributed by atoms with Crippen LogP contribution >= 0.6 is 0 Å². The summed E-state index contributed by atoms with van der Waals surface area (Å²) in [5, 5.41) is 3.68. The van der Waals surface area contributed by atoms with Crippen LogP contribution in [0, 0.1) is 11.8 Å². The molecule has 0 saturated heterocycles. The maximum atomic E-state index is 12.1. The summed E-state index contributed by atoms with van der Waals surface area (Å²) in [5.41, 5.74) is 2.27. The highest BCUT2D eigenvalue weighted by atomic mass is 16.2. The number of nitrogens with zero attached hydrogens (tertiary/aromatic N) is 1. The predicted octanol–water partition coefficient (Wildman–Crippen LogP) is 2.99. The minimum atomic E-state index is 0.239. The molecule has 1 heterocycles. The zero-order valence-electron chi connectivity index (χ0n) is 13.1. The Bertz CT molecular complexity index is 514. The summed E-state index contributed by atoms with van der Waals surface area (Å²) < 4.78 is 0. The molecule has 114 valence electrons. The summed E-state index contributed by atoms with van der Waals surface area (Å²) >= 11 is 0. The van der Waals surface area contributed by atoms with Crippen molar-refractivity contribution < 1.29 is 4.79 Å². The number of carbonyl (C=O) groups excluding carboxylic acids is 1. The van der Waals surface area contributed by atoms with Crippen LogP contribution in [0.25, 0.3) is 0 Å². The van der Waals surface area contributed by atoms with Gasteiger partial charge in [-0.2, -0.15) is 0 Å². The molecule has 2 aliphatic rings. The minimum absolute atomic E-state index is 0.239. The van der Waals surface area contributed by atoms with Gasteiger partial charge in [0.2, 0.25) is 5.91 Å². The van der Waals surface area contributed by atoms with Gasteiger partial charge in [-0.05, 0) is 42.7 Å². The lowest BCUT2D eigenvalue weighted by Crippen LogP contribution is -2.43. The van der Waals surface area contributed by atoms with Crippen molar-refractivity contribution in [2.24, 2.45) is 11.8 Å². The number of hydrogen-bond donors (Lipinski definition) is 1. The Morgan fingerprint density at radius 3 is 2.86 bits per heavy atom. The van der Waals surface area contributed by atoms with Crippen molar-refractivity contribution in [3.63, 3.8) is 0 Å². The zero-order chi connectivity index (χ0) is 14.8. The molecule has 0 unspecified atom stereocenters. The van der Waals surface area contributed by atoms with E-state index in [1.165, 1.54) is 24.8 Å². The summed E-state index contributed by atoms with van der Waals surface area (Å²) in [6, 6.07) is 8.77. The predicted molar refractivity (Wildman–Crippen MR) is 86.5 cm³/mol. The highest BCUT2D eigenvalue weighted by Gasteiger charge is 2.28. The quantitative estimate of drug-likeness (QED) is 0.923. The fourth-order valence-electron chi connectivity index (χ4n) is 3.89. The van der Waals surface area contributed by atoms with Gasteiger partial charge in [0.15, 0.2) is 0 Å². The fraction of sp³-hybridized carbons (Fsp3) is 0.611. The Balaban J connectivity index is 1.53. The molecule has 1 saturated carbocycles. The molecule has 3 rings (SSSR count). The molecule has 1 aliphatic heterocycles. The second kappa shape index (κ2) is 6.18. The third-order valence-corrected chi connectivity index (χ3v) is 5.10. The normalized spacial score (nSPS) is 28.8. The third kappa shape index (κ3) is 3.13. The molecule has 0 spiro atoms. The van der Waals surface area contributed by atoms with E-state index in [-0.39, 0.29) is 5.91 Å². The number of para-hydroxylation sites is 1. The molecule has 0 aromatic heterocycles. The Morgan fingerprint density at radius 2 is 2.05 bits per heavy atom. The molecular weight excluding hydrogens is 260 g/mol. The standard InChI is InChI=1S/C18H26N2O/c1-13-7-8-16(14(2)11-13)19-9-10-20-17-6-4-3-5-15(17)12-18(20)21/h3-6,13-14,16,19H,7-12H2,1-2H3/t13-,14-,16-/m1/s1. The van der Waals surface area contributed by atoms with Crippen LogP contribution in [0.2, 0.25) is 0 Å². The highest BCUT2D eigenvalue weighted by Crippen LogP contribution is 2.29. The molecule has 1 N–H and O–H groups in total. The van der Waals surface area contributed by atoms with Gasteiger partial charge in [-0.15, -0.1) is 0 Å². The van der Waals surface area contributed by atoms with Crippen LogP contribution in [0.5, 0.6) is 0 Å². The Labute approximate surface area is 127 Å². The van der Waals surface area contributed by atoms with Gasteiger partial charge in [0, 0.05) is 24.8 Å². The van der Waals surface area contributed by atoms with E-state index < -0.39 is 0 Å². The monoisotopic (exact) mass is 286 g/mol. The van der Waals surface area contributed by atoms with E-state index in [2.05, 4.69) is 31.3 Å². The molecule has 1 aliphatic carbocycles. The van der Waals surface area contributed by atoms with Crippen molar-refractivity contribution in [1.82, 2.24) is 5.32 Å². The van der Waals surface area contributed by atoms with Crippen molar-refractivity contribution in [3.05, 3.63) is 29.8 Å². The summed E-state index contributed by atoms with van der Waals surface area (Å²) in [5.74, 6) is 1.85. The molecule has 1 aromatic rings. The number of rotatable bonds is 4. The fourth-order valence-corrected chi connectivity index (χ4v) is 3.89. The first-order chi connectivity index (χ1) is 10.1. The van der Waals surface area contributed by atoms with Gasteiger partial charge in [-0.25, -0.2) is 0 Å². The summed E-state index contributed by atoms with van der Waals surface area (Å²) in [7, 11) is 0. The first-order valence-electron chi connectivity index (χ1n) is 8.27. The molecule has 0 radical (unpaired) electrons. The largest absolute Gasteiger partial charge is 0.312 e. The molecule has 1 fully saturated rings. The SMILES string of the molecule is C[C@@H]1CC[C@@H](NCCN2C(=O)Cc3ccccc32)[C@H](C)C1. The minimum Gasteiger partial charge on any atom is -0.312 e. The molecule has 3 heteroatoms. The number of hydrogen-bond acceptors (Lipinski definition) is 2. The van der Waals surface area contributed by atoms with Crippen molar-refractivity contribution in [2.45, 2.75) is 45.6 Å². The van der Waals surface area contributed by atoms with Crippen molar-refractivity contribution in [2.75, 3.05) is 18.0 Å². The van der Waals surface area contributed by atoms with E-state index in [9.17, 15) is 4.79 Å². The van der Waals surface area contributed by atoms with E-state index >= 15 is 0 Å². The van der Waals surface area contributed by atoms with Gasteiger partial charge >= 0.3 is 0 Å². The van der Waals surface area contributed by atoms with Gasteiger partial charge in [-0.1, -0.05) is 32.0 Å². The molecule has 3 nitrogen and oxygen atoms in total. The van der Waals surface area contributed by atoms with Gasteiger partial charge in [0.25, 0.3) is 0 Å². The topological polar surface area (TPSA) is 32.3 Å². The van der Waals surface area contributed by atoms with E-state index in [0.717, 1.165) is 30.6 Å². The number of fused-ring (bicyclic) bond motifs is 1. The lowest BCUT2D eigenvalue weighted by molar-refractivity contribution is -0.117. The second-order valence-corrected chi connectivity index (χ2v) is 6.81. The highest BCUT2D eigenvalue weighted by molar-refractivity contribution is 6.01. The Morgan fingerprint density at radius 1 is 1.24 bits per heavy atom. The maximum Gasteiger partial charge on any atom is 0.231 e. The Hall–Kier alpha value is -1.35. The Kier molecular flexibility index (Phi) is 4.29. The third-order valence-electron chi connectivity index (χ3n) is 5.10. The van der Waals surface area contributed by atoms with Crippen LogP contribution in [0.15, 0.2) is 24.3 Å². The van der Waals surface area contributed by atoms with Crippen LogP contribution in [0.4, 0.5) is 5.69 Å². The van der Waals surface area contributed by atoms with E-state index in [1.54, 1.807) is 0 Å². The van der Waals surface area contributed by atoms with Crippen LogP contribution in [0.1, 0.15) is 38.7 Å². The van der Waals surface area contributed by atoms with E-state index in [0.29, 0.717) is 12.5 Å². The average Bonchev–Trinajstić information content (AvgIpc) is 2.77. The number of benzene rings is 1. The molecule has 0 bridgehead atoms. The van der Waals surface area contributed by atoms with Crippen LogP contribution in [-0.2, 0) is 11.2 Å². The zero-order valence-corrected chi connectivity index (χ0v) is 13.1. The molecular formula is C18H26N2O. The lowest BCUT2D eigenvalue weighted by Gasteiger charge is -2.33. The van der Waals surface area contributed by atoms with Gasteiger partial charge in [0.1, 0.15) is 0 Å².